The molecule has 0 N–H and O–H groups in total. The van der Waals surface area contributed by atoms with Gasteiger partial charge in [-0.15, -0.1) is 0 Å². The lowest BCUT2D eigenvalue weighted by Crippen LogP contribution is -1.95. The van der Waals surface area contributed by atoms with Crippen molar-refractivity contribution in [1.29, 1.82) is 0 Å². The Kier molecular flexibility index (Phi) is 5.91. The van der Waals surface area contributed by atoms with Crippen molar-refractivity contribution >= 4 is 0 Å². The van der Waals surface area contributed by atoms with E-state index < -0.39 is 0 Å². The maximum Gasteiger partial charge on any atom is -0.0257 e. The first-order valence-corrected chi connectivity index (χ1v) is 4.66. The van der Waals surface area contributed by atoms with Crippen LogP contribution in [0.1, 0.15) is 40.5 Å². The molecule has 0 fully saturated rings. The van der Waals surface area contributed by atoms with Crippen LogP contribution in [0.15, 0.2) is 23.8 Å². The van der Waals surface area contributed by atoms with Crippen LogP contribution >= 0.6 is 0 Å². The monoisotopic (exact) mass is 152 g/mol. The molecule has 0 heteroatoms. The molecule has 0 heterocycles. The van der Waals surface area contributed by atoms with E-state index in [2.05, 4.69) is 32.1 Å². The third-order valence-electron chi connectivity index (χ3n) is 1.79. The molecule has 0 amide bonds. The average molecular weight is 152 g/mol. The Morgan fingerprint density at radius 1 is 1.27 bits per heavy atom. The summed E-state index contributed by atoms with van der Waals surface area (Å²) in [6.45, 7) is 8.51. The van der Waals surface area contributed by atoms with Gasteiger partial charge < -0.3 is 0 Å². The van der Waals surface area contributed by atoms with E-state index in [1.165, 1.54) is 12.8 Å². The molecule has 0 radical (unpaired) electrons. The highest BCUT2D eigenvalue weighted by atomic mass is 14.1. The van der Waals surface area contributed by atoms with Crippen LogP contribution in [0.5, 0.6) is 0 Å². The second-order valence-corrected chi connectivity index (χ2v) is 2.86. The van der Waals surface area contributed by atoms with E-state index in [0.717, 1.165) is 5.92 Å². The molecule has 1 aliphatic rings. The molecule has 0 saturated carbocycles. The quantitative estimate of drug-likeness (QED) is 0.534. The lowest BCUT2D eigenvalue weighted by Gasteiger charge is -2.11. The fourth-order valence-electron chi connectivity index (χ4n) is 1.10. The fourth-order valence-corrected chi connectivity index (χ4v) is 1.10. The van der Waals surface area contributed by atoms with Crippen molar-refractivity contribution in [3.8, 4) is 0 Å². The number of rotatable bonds is 1. The van der Waals surface area contributed by atoms with Crippen LogP contribution in [-0.4, -0.2) is 0 Å². The lowest BCUT2D eigenvalue weighted by atomic mass is 9.95. The summed E-state index contributed by atoms with van der Waals surface area (Å²) < 4.78 is 0. The predicted molar refractivity (Wildman–Crippen MR) is 52.6 cm³/mol. The van der Waals surface area contributed by atoms with Gasteiger partial charge in [0.05, 0.1) is 0 Å². The van der Waals surface area contributed by atoms with Crippen LogP contribution < -0.4 is 0 Å². The SMILES string of the molecule is CC.CC(C)C1=CC=CCC1. The van der Waals surface area contributed by atoms with Crippen LogP contribution in [-0.2, 0) is 0 Å². The highest BCUT2D eigenvalue weighted by Crippen LogP contribution is 2.19. The third-order valence-corrected chi connectivity index (χ3v) is 1.79. The molecule has 1 rings (SSSR count). The Balaban J connectivity index is 0.000000461. The molecule has 0 atom stereocenters. The fraction of sp³-hybridized carbons (Fsp3) is 0.636. The first-order chi connectivity index (χ1) is 5.30. The zero-order valence-corrected chi connectivity index (χ0v) is 8.22. The summed E-state index contributed by atoms with van der Waals surface area (Å²) >= 11 is 0. The van der Waals surface area contributed by atoms with Gasteiger partial charge in [-0.1, -0.05) is 51.5 Å². The van der Waals surface area contributed by atoms with Gasteiger partial charge in [0.15, 0.2) is 0 Å². The van der Waals surface area contributed by atoms with Crippen molar-refractivity contribution < 1.29 is 0 Å². The van der Waals surface area contributed by atoms with Gasteiger partial charge in [-0.3, -0.25) is 0 Å². The van der Waals surface area contributed by atoms with Gasteiger partial charge in [-0.25, -0.2) is 0 Å². The molecule has 0 unspecified atom stereocenters. The van der Waals surface area contributed by atoms with Crippen LogP contribution in [0.4, 0.5) is 0 Å². The van der Waals surface area contributed by atoms with Gasteiger partial charge in [0.1, 0.15) is 0 Å². The van der Waals surface area contributed by atoms with Crippen LogP contribution in [0.3, 0.4) is 0 Å². The zero-order valence-electron chi connectivity index (χ0n) is 8.22. The van der Waals surface area contributed by atoms with Crippen molar-refractivity contribution in [3.63, 3.8) is 0 Å². The smallest absolute Gasteiger partial charge is 0.0257 e. The van der Waals surface area contributed by atoms with Crippen molar-refractivity contribution in [2.45, 2.75) is 40.5 Å². The van der Waals surface area contributed by atoms with E-state index in [-0.39, 0.29) is 0 Å². The molecule has 0 aliphatic heterocycles. The summed E-state index contributed by atoms with van der Waals surface area (Å²) in [6, 6.07) is 0. The molecule has 0 aromatic rings. The second kappa shape index (κ2) is 6.21. The van der Waals surface area contributed by atoms with E-state index in [0.29, 0.717) is 0 Å². The molecule has 0 nitrogen and oxygen atoms in total. The summed E-state index contributed by atoms with van der Waals surface area (Å²) in [7, 11) is 0. The van der Waals surface area contributed by atoms with Crippen molar-refractivity contribution in [3.05, 3.63) is 23.8 Å². The molecule has 0 aromatic carbocycles. The van der Waals surface area contributed by atoms with Gasteiger partial charge in [0.2, 0.25) is 0 Å². The van der Waals surface area contributed by atoms with Gasteiger partial charge in [-0.2, -0.15) is 0 Å². The minimum absolute atomic E-state index is 0.745. The number of allylic oxidation sites excluding steroid dienone is 4. The molecule has 11 heavy (non-hydrogen) atoms. The van der Waals surface area contributed by atoms with Crippen LogP contribution in [0, 0.1) is 5.92 Å². The van der Waals surface area contributed by atoms with E-state index in [9.17, 15) is 0 Å². The first kappa shape index (κ1) is 10.5. The molecule has 0 spiro atoms. The van der Waals surface area contributed by atoms with Crippen molar-refractivity contribution in [2.75, 3.05) is 0 Å². The predicted octanol–water partition coefficient (Wildman–Crippen LogP) is 3.95. The number of hydrogen-bond acceptors (Lipinski definition) is 0. The topological polar surface area (TPSA) is 0 Å². The zero-order chi connectivity index (χ0) is 8.69. The van der Waals surface area contributed by atoms with Crippen molar-refractivity contribution in [1.82, 2.24) is 0 Å². The van der Waals surface area contributed by atoms with Crippen LogP contribution in [0.25, 0.3) is 0 Å². The summed E-state index contributed by atoms with van der Waals surface area (Å²) in [5, 5.41) is 0. The summed E-state index contributed by atoms with van der Waals surface area (Å²) in [6.07, 6.45) is 9.15. The Morgan fingerprint density at radius 2 is 1.91 bits per heavy atom. The van der Waals surface area contributed by atoms with E-state index in [1.807, 2.05) is 13.8 Å². The van der Waals surface area contributed by atoms with Gasteiger partial charge in [-0.05, 0) is 18.8 Å². The van der Waals surface area contributed by atoms with Crippen molar-refractivity contribution in [2.24, 2.45) is 5.92 Å². The molecule has 64 valence electrons. The van der Waals surface area contributed by atoms with Gasteiger partial charge in [0, 0.05) is 0 Å². The molecular weight excluding hydrogens is 132 g/mol. The normalized spacial score (nSPS) is 15.5. The van der Waals surface area contributed by atoms with Gasteiger partial charge in [0.25, 0.3) is 0 Å². The minimum atomic E-state index is 0.745. The van der Waals surface area contributed by atoms with Crippen LogP contribution in [0.2, 0.25) is 0 Å². The lowest BCUT2D eigenvalue weighted by molar-refractivity contribution is 0.709. The Morgan fingerprint density at radius 3 is 2.18 bits per heavy atom. The maximum atomic E-state index is 2.25. The van der Waals surface area contributed by atoms with E-state index in [1.54, 1.807) is 5.57 Å². The highest BCUT2D eigenvalue weighted by Gasteiger charge is 2.02. The highest BCUT2D eigenvalue weighted by molar-refractivity contribution is 5.18. The minimum Gasteiger partial charge on any atom is -0.0842 e. The largest absolute Gasteiger partial charge is 0.0842 e. The molecular formula is C11H20. The van der Waals surface area contributed by atoms with E-state index >= 15 is 0 Å². The molecule has 0 bridgehead atoms. The van der Waals surface area contributed by atoms with E-state index in [4.69, 9.17) is 0 Å². The molecule has 1 aliphatic carbocycles. The third kappa shape index (κ3) is 4.02. The Hall–Kier alpha value is -0.520. The molecule has 0 saturated heterocycles. The standard InChI is InChI=1S/C9H14.C2H6/c1-8(2)9-6-4-3-5-7-9;1-2/h3-4,6,8H,5,7H2,1-2H3;1-2H3. The number of hydrogen-bond donors (Lipinski definition) is 0. The van der Waals surface area contributed by atoms with Gasteiger partial charge >= 0.3 is 0 Å². The summed E-state index contributed by atoms with van der Waals surface area (Å²) in [5.41, 5.74) is 1.59. The second-order valence-electron chi connectivity index (χ2n) is 2.86. The molecule has 0 aromatic heterocycles. The Labute approximate surface area is 71.0 Å². The summed E-state index contributed by atoms with van der Waals surface area (Å²) in [4.78, 5) is 0. The Bertz CT molecular complexity index is 138. The summed E-state index contributed by atoms with van der Waals surface area (Å²) in [5.74, 6) is 0.745. The maximum absolute atomic E-state index is 2.25. The first-order valence-electron chi connectivity index (χ1n) is 4.66. The average Bonchev–Trinajstić information content (AvgIpc) is 2.10.